The van der Waals surface area contributed by atoms with Gasteiger partial charge in [0.1, 0.15) is 17.1 Å². The fraction of sp³-hybridized carbons (Fsp3) is 0.640. The minimum Gasteiger partial charge on any atom is -0.480 e. The molecule has 1 heterocycles. The highest BCUT2D eigenvalue weighted by molar-refractivity contribution is 8.15. The maximum Gasteiger partial charge on any atom is 0.418 e. The van der Waals surface area contributed by atoms with E-state index in [2.05, 4.69) is 24.6 Å². The second-order valence-corrected chi connectivity index (χ2v) is 18.7. The molecule has 0 spiro atoms. The number of aliphatic carboxylic acids is 1. The van der Waals surface area contributed by atoms with E-state index in [4.69, 9.17) is 9.47 Å². The van der Waals surface area contributed by atoms with Gasteiger partial charge in [-0.3, -0.25) is 9.79 Å². The molecule has 1 N–H and O–H groups in total. The van der Waals surface area contributed by atoms with Crippen molar-refractivity contribution < 1.29 is 33.0 Å². The van der Waals surface area contributed by atoms with Gasteiger partial charge >= 0.3 is 12.1 Å². The lowest BCUT2D eigenvalue weighted by Gasteiger charge is -2.46. The van der Waals surface area contributed by atoms with Crippen LogP contribution in [0.3, 0.4) is 0 Å². The number of hydrogen-bond acceptors (Lipinski definition) is 6. The molecule has 1 unspecified atom stereocenters. The average molecular weight is 545 g/mol. The van der Waals surface area contributed by atoms with Gasteiger partial charge in [0.25, 0.3) is 0 Å². The number of benzene rings is 1. The Morgan fingerprint density at radius 3 is 2.36 bits per heavy atom. The van der Waals surface area contributed by atoms with Gasteiger partial charge in [0, 0.05) is 26.2 Å². The van der Waals surface area contributed by atoms with Crippen LogP contribution in [0.15, 0.2) is 23.2 Å². The molecule has 1 aliphatic rings. The summed E-state index contributed by atoms with van der Waals surface area (Å²) in [6, 6.07) is 4.58. The molecule has 1 amide bonds. The molecular formula is C25H38F2N2O5SSi. The van der Waals surface area contributed by atoms with Crippen LogP contribution in [0, 0.1) is 17.6 Å². The smallest absolute Gasteiger partial charge is 0.418 e. The Bertz CT molecular complexity index is 1030. The summed E-state index contributed by atoms with van der Waals surface area (Å²) in [5.41, 5.74) is -2.43. The molecule has 11 heteroatoms. The van der Waals surface area contributed by atoms with E-state index < -0.39 is 53.6 Å². The van der Waals surface area contributed by atoms with Gasteiger partial charge in [-0.25, -0.2) is 18.5 Å². The molecular weight excluding hydrogens is 506 g/mol. The van der Waals surface area contributed by atoms with Gasteiger partial charge in [0.15, 0.2) is 16.8 Å². The molecule has 0 bridgehead atoms. The molecule has 0 fully saturated rings. The van der Waals surface area contributed by atoms with Crippen LogP contribution in [-0.4, -0.2) is 59.0 Å². The number of hydrogen-bond donors (Lipinski definition) is 1. The first-order valence-electron chi connectivity index (χ1n) is 11.9. The van der Waals surface area contributed by atoms with Gasteiger partial charge < -0.3 is 14.6 Å². The third-order valence-electron chi connectivity index (χ3n) is 6.28. The maximum atomic E-state index is 15.0. The van der Waals surface area contributed by atoms with Gasteiger partial charge in [0.05, 0.1) is 5.54 Å². The molecule has 7 nitrogen and oxygen atoms in total. The third kappa shape index (κ3) is 6.86. The summed E-state index contributed by atoms with van der Waals surface area (Å²) in [6.45, 7) is 16.6. The predicted molar refractivity (Wildman–Crippen MR) is 141 cm³/mol. The SMILES string of the molecule is CC1[C@@](C)(C(=O)O)SC(N(COCC[Si](C)(C)C)C(=O)OC(C)(C)C)=N[C@]1(C)c1cccc(F)c1F. The van der Waals surface area contributed by atoms with Gasteiger partial charge in [0.2, 0.25) is 0 Å². The Morgan fingerprint density at radius 1 is 1.22 bits per heavy atom. The normalized spacial score (nSPS) is 24.8. The zero-order chi connectivity index (χ0) is 27.7. The summed E-state index contributed by atoms with van der Waals surface area (Å²) in [5.74, 6) is -4.11. The zero-order valence-electron chi connectivity index (χ0n) is 22.6. The van der Waals surface area contributed by atoms with Gasteiger partial charge in [-0.2, -0.15) is 0 Å². The van der Waals surface area contributed by atoms with E-state index in [1.165, 1.54) is 19.1 Å². The fourth-order valence-corrected chi connectivity index (χ4v) is 5.80. The average Bonchev–Trinajstić information content (AvgIpc) is 2.71. The molecule has 3 atom stereocenters. The second kappa shape index (κ2) is 10.8. The van der Waals surface area contributed by atoms with E-state index in [9.17, 15) is 19.1 Å². The molecule has 0 aliphatic carbocycles. The number of amides is 1. The van der Waals surface area contributed by atoms with Crippen LogP contribution in [0.2, 0.25) is 25.7 Å². The van der Waals surface area contributed by atoms with Crippen LogP contribution in [0.1, 0.15) is 47.1 Å². The Balaban J connectivity index is 2.62. The number of carbonyl (C=O) groups is 2. The molecule has 202 valence electrons. The van der Waals surface area contributed by atoms with Crippen LogP contribution in [0.5, 0.6) is 0 Å². The van der Waals surface area contributed by atoms with E-state index in [1.54, 1.807) is 34.6 Å². The Morgan fingerprint density at radius 2 is 1.83 bits per heavy atom. The molecule has 1 aromatic carbocycles. The van der Waals surface area contributed by atoms with Crippen LogP contribution in [0.4, 0.5) is 13.6 Å². The Labute approximate surface area is 217 Å². The summed E-state index contributed by atoms with van der Waals surface area (Å²) >= 11 is 0.871. The van der Waals surface area contributed by atoms with Crippen molar-refractivity contribution >= 4 is 37.1 Å². The van der Waals surface area contributed by atoms with Crippen LogP contribution in [-0.2, 0) is 19.8 Å². The first-order chi connectivity index (χ1) is 16.3. The summed E-state index contributed by atoms with van der Waals surface area (Å²) < 4.78 is 39.1. The van der Waals surface area contributed by atoms with E-state index in [0.717, 1.165) is 28.8 Å². The number of amidine groups is 1. The topological polar surface area (TPSA) is 88.4 Å². The lowest BCUT2D eigenvalue weighted by Crippen LogP contribution is -2.55. The molecule has 0 aromatic heterocycles. The van der Waals surface area contributed by atoms with Crippen molar-refractivity contribution in [2.45, 2.75) is 83.1 Å². The minimum absolute atomic E-state index is 0.00594. The highest BCUT2D eigenvalue weighted by Gasteiger charge is 2.56. The summed E-state index contributed by atoms with van der Waals surface area (Å²) in [4.78, 5) is 31.6. The van der Waals surface area contributed by atoms with Gasteiger partial charge in [-0.1, -0.05) is 50.5 Å². The Kier molecular flexibility index (Phi) is 9.06. The zero-order valence-corrected chi connectivity index (χ0v) is 24.4. The number of rotatable bonds is 7. The molecule has 1 aliphatic heterocycles. The first-order valence-corrected chi connectivity index (χ1v) is 16.4. The molecule has 0 radical (unpaired) electrons. The largest absolute Gasteiger partial charge is 0.480 e. The van der Waals surface area contributed by atoms with Gasteiger partial charge in [-0.15, -0.1) is 0 Å². The summed E-state index contributed by atoms with van der Waals surface area (Å²) in [6.07, 6.45) is -0.772. The minimum atomic E-state index is -1.52. The van der Waals surface area contributed by atoms with Crippen molar-refractivity contribution in [2.24, 2.45) is 10.9 Å². The quantitative estimate of drug-likeness (QED) is 0.246. The number of thioether (sulfide) groups is 1. The lowest BCUT2D eigenvalue weighted by molar-refractivity contribution is -0.141. The summed E-state index contributed by atoms with van der Waals surface area (Å²) in [5, 5.41) is 10.2. The molecule has 36 heavy (non-hydrogen) atoms. The van der Waals surface area contributed by atoms with Crippen molar-refractivity contribution in [3.63, 3.8) is 0 Å². The van der Waals surface area contributed by atoms with Crippen molar-refractivity contribution in [3.05, 3.63) is 35.4 Å². The number of halogens is 2. The van der Waals surface area contributed by atoms with E-state index >= 15 is 4.39 Å². The monoisotopic (exact) mass is 544 g/mol. The first kappa shape index (κ1) is 30.2. The predicted octanol–water partition coefficient (Wildman–Crippen LogP) is 6.31. The number of ether oxygens (including phenoxy) is 2. The van der Waals surface area contributed by atoms with E-state index in [-0.39, 0.29) is 17.5 Å². The highest BCUT2D eigenvalue weighted by Crippen LogP contribution is 2.51. The van der Waals surface area contributed by atoms with E-state index in [1.807, 2.05) is 0 Å². The van der Waals surface area contributed by atoms with Crippen LogP contribution < -0.4 is 0 Å². The fourth-order valence-electron chi connectivity index (χ4n) is 3.70. The lowest BCUT2D eigenvalue weighted by atomic mass is 9.74. The number of carboxylic acids is 1. The maximum absolute atomic E-state index is 15.0. The number of carbonyl (C=O) groups excluding carboxylic acids is 1. The number of carboxylic acid groups (broad SMARTS) is 1. The molecule has 0 saturated carbocycles. The van der Waals surface area contributed by atoms with Crippen LogP contribution >= 0.6 is 11.8 Å². The number of nitrogens with zero attached hydrogens (tertiary/aromatic N) is 2. The Hall–Kier alpha value is -1.98. The highest BCUT2D eigenvalue weighted by atomic mass is 32.2. The van der Waals surface area contributed by atoms with E-state index in [0.29, 0.717) is 6.61 Å². The molecule has 0 saturated heterocycles. The standard InChI is InChI=1S/C25H38F2N2O5SSi/c1-16-24(5,17-11-10-12-18(26)19(17)27)28-21(35-25(16,6)20(30)31)29(22(32)34-23(2,3)4)15-33-13-14-36(7,8)9/h10-12,16H,13-15H2,1-9H3,(H,30,31)/t16?,24-,25-/m0/s1. The number of aliphatic imine (C=N–C) groups is 1. The summed E-state index contributed by atoms with van der Waals surface area (Å²) in [7, 11) is -1.41. The van der Waals surface area contributed by atoms with Crippen molar-refractivity contribution in [3.8, 4) is 0 Å². The molecule has 2 rings (SSSR count). The van der Waals surface area contributed by atoms with Gasteiger partial charge in [-0.05, 0) is 46.7 Å². The molecule has 1 aromatic rings. The van der Waals surface area contributed by atoms with Crippen molar-refractivity contribution in [2.75, 3.05) is 13.3 Å². The van der Waals surface area contributed by atoms with Crippen molar-refractivity contribution in [1.29, 1.82) is 0 Å². The van der Waals surface area contributed by atoms with Crippen LogP contribution in [0.25, 0.3) is 0 Å². The second-order valence-electron chi connectivity index (χ2n) is 11.6. The van der Waals surface area contributed by atoms with Crippen molar-refractivity contribution in [1.82, 2.24) is 4.90 Å². The third-order valence-corrected chi connectivity index (χ3v) is 9.43.